The number of anilines is 1. The van der Waals surface area contributed by atoms with Crippen molar-refractivity contribution >= 4 is 5.82 Å². The minimum Gasteiger partial charge on any atom is -0.392 e. The Hall–Kier alpha value is -2.05. The molecule has 0 bridgehead atoms. The van der Waals surface area contributed by atoms with Crippen molar-refractivity contribution in [1.82, 2.24) is 14.9 Å². The van der Waals surface area contributed by atoms with E-state index in [1.807, 2.05) is 26.0 Å². The molecule has 1 aliphatic rings. The van der Waals surface area contributed by atoms with Crippen LogP contribution in [0.25, 0.3) is 0 Å². The maximum absolute atomic E-state index is 13.3. The van der Waals surface area contributed by atoms with Crippen LogP contribution in [0.1, 0.15) is 48.8 Å². The molecule has 0 spiro atoms. The van der Waals surface area contributed by atoms with Gasteiger partial charge in [0.1, 0.15) is 17.5 Å². The summed E-state index contributed by atoms with van der Waals surface area (Å²) < 4.78 is 13.3. The van der Waals surface area contributed by atoms with Crippen molar-refractivity contribution in [3.63, 3.8) is 0 Å². The van der Waals surface area contributed by atoms with Crippen molar-refractivity contribution in [3.8, 4) is 0 Å². The number of piperazine rings is 1. The quantitative estimate of drug-likeness (QED) is 0.735. The van der Waals surface area contributed by atoms with E-state index in [1.165, 1.54) is 12.1 Å². The van der Waals surface area contributed by atoms with E-state index in [2.05, 4.69) is 21.7 Å². The minimum atomic E-state index is -0.237. The van der Waals surface area contributed by atoms with E-state index in [1.54, 1.807) is 0 Å². The lowest BCUT2D eigenvalue weighted by Crippen LogP contribution is -2.49. The molecule has 5 nitrogen and oxygen atoms in total. The molecule has 2 aromatic rings. The number of aryl methyl sites for hydroxylation is 2. The highest BCUT2D eigenvalue weighted by Crippen LogP contribution is 2.25. The van der Waals surface area contributed by atoms with Gasteiger partial charge in [-0.25, -0.2) is 14.4 Å². The molecule has 0 amide bonds. The maximum Gasteiger partial charge on any atom is 0.136 e. The molecule has 29 heavy (non-hydrogen) atoms. The third-order valence-electron chi connectivity index (χ3n) is 5.63. The van der Waals surface area contributed by atoms with Gasteiger partial charge in [0, 0.05) is 50.4 Å². The van der Waals surface area contributed by atoms with Gasteiger partial charge < -0.3 is 10.0 Å². The second-order valence-electron chi connectivity index (χ2n) is 8.05. The summed E-state index contributed by atoms with van der Waals surface area (Å²) in [7, 11) is 0. The number of aliphatic hydroxyl groups is 1. The van der Waals surface area contributed by atoms with E-state index in [0.29, 0.717) is 6.42 Å². The van der Waals surface area contributed by atoms with Crippen molar-refractivity contribution < 1.29 is 9.50 Å². The van der Waals surface area contributed by atoms with Crippen LogP contribution >= 0.6 is 0 Å². The lowest BCUT2D eigenvalue weighted by Gasteiger charge is -2.37. The number of hydrogen-bond acceptors (Lipinski definition) is 5. The van der Waals surface area contributed by atoms with Crippen LogP contribution in [-0.4, -0.2) is 58.8 Å². The van der Waals surface area contributed by atoms with Gasteiger partial charge in [0.25, 0.3) is 0 Å². The summed E-state index contributed by atoms with van der Waals surface area (Å²) in [6.07, 6.45) is 3.53. The highest BCUT2D eigenvalue weighted by atomic mass is 19.1. The number of aliphatic hydroxyl groups excluding tert-OH is 1. The van der Waals surface area contributed by atoms with Crippen LogP contribution in [0, 0.1) is 19.7 Å². The van der Waals surface area contributed by atoms with Gasteiger partial charge in [-0.3, -0.25) is 4.90 Å². The zero-order chi connectivity index (χ0) is 20.8. The Labute approximate surface area is 173 Å². The summed E-state index contributed by atoms with van der Waals surface area (Å²) >= 11 is 0. The fraction of sp³-hybridized carbons (Fsp3) is 0.565. The molecule has 3 rings (SSSR count). The van der Waals surface area contributed by atoms with E-state index < -0.39 is 0 Å². The molecular weight excluding hydrogens is 367 g/mol. The zero-order valence-electron chi connectivity index (χ0n) is 17.9. The Morgan fingerprint density at radius 1 is 1.07 bits per heavy atom. The first-order chi connectivity index (χ1) is 14.0. The summed E-state index contributed by atoms with van der Waals surface area (Å²) in [4.78, 5) is 14.0. The summed E-state index contributed by atoms with van der Waals surface area (Å²) in [6.45, 7) is 10.5. The van der Waals surface area contributed by atoms with Crippen LogP contribution in [0.2, 0.25) is 0 Å². The van der Waals surface area contributed by atoms with Crippen LogP contribution in [0.5, 0.6) is 0 Å². The van der Waals surface area contributed by atoms with Crippen molar-refractivity contribution in [1.29, 1.82) is 0 Å². The Balaban J connectivity index is 1.69. The first-order valence-electron chi connectivity index (χ1n) is 10.7. The molecule has 1 aromatic heterocycles. The van der Waals surface area contributed by atoms with E-state index >= 15 is 0 Å². The number of benzene rings is 1. The highest BCUT2D eigenvalue weighted by Gasteiger charge is 2.23. The second-order valence-corrected chi connectivity index (χ2v) is 8.05. The van der Waals surface area contributed by atoms with E-state index in [4.69, 9.17) is 4.98 Å². The van der Waals surface area contributed by atoms with Crippen LogP contribution in [-0.2, 0) is 6.42 Å². The second kappa shape index (κ2) is 10.1. The lowest BCUT2D eigenvalue weighted by molar-refractivity contribution is 0.100. The van der Waals surface area contributed by atoms with Crippen molar-refractivity contribution in [2.45, 2.75) is 52.6 Å². The van der Waals surface area contributed by atoms with Gasteiger partial charge >= 0.3 is 0 Å². The predicted octanol–water partition coefficient (Wildman–Crippen LogP) is 3.50. The molecule has 1 saturated heterocycles. The number of rotatable bonds is 8. The fourth-order valence-corrected chi connectivity index (χ4v) is 3.96. The number of aromatic nitrogens is 2. The zero-order valence-corrected chi connectivity index (χ0v) is 17.9. The van der Waals surface area contributed by atoms with Gasteiger partial charge in [-0.15, -0.1) is 0 Å². The van der Waals surface area contributed by atoms with Crippen LogP contribution in [0.4, 0.5) is 10.2 Å². The smallest absolute Gasteiger partial charge is 0.136 e. The molecule has 0 aliphatic carbocycles. The summed E-state index contributed by atoms with van der Waals surface area (Å²) in [5.74, 6) is 1.55. The third kappa shape index (κ3) is 5.97. The average molecular weight is 401 g/mol. The summed E-state index contributed by atoms with van der Waals surface area (Å²) in [6, 6.07) is 6.66. The molecule has 2 heterocycles. The third-order valence-corrected chi connectivity index (χ3v) is 5.63. The van der Waals surface area contributed by atoms with Gasteiger partial charge in [-0.1, -0.05) is 31.9 Å². The molecule has 1 aromatic carbocycles. The molecule has 0 saturated carbocycles. The van der Waals surface area contributed by atoms with Gasteiger partial charge in [0.15, 0.2) is 0 Å². The Morgan fingerprint density at radius 2 is 1.76 bits per heavy atom. The molecule has 0 radical (unpaired) electrons. The van der Waals surface area contributed by atoms with Crippen molar-refractivity contribution in [2.24, 2.45) is 0 Å². The van der Waals surface area contributed by atoms with E-state index in [0.717, 1.165) is 80.4 Å². The standard InChI is InChI=1S/C23H33FN4O/c1-4-5-6-21(29)16-27-11-13-28(14-12-27)23-22(17(2)25-18(3)26-23)15-19-7-9-20(24)10-8-19/h7-10,21,29H,4-6,11-16H2,1-3H3/t21-/m0/s1. The van der Waals surface area contributed by atoms with Crippen molar-refractivity contribution in [2.75, 3.05) is 37.6 Å². The van der Waals surface area contributed by atoms with Gasteiger partial charge in [-0.05, 0) is 38.0 Å². The molecule has 0 unspecified atom stereocenters. The monoisotopic (exact) mass is 400 g/mol. The molecule has 1 N–H and O–H groups in total. The normalized spacial score (nSPS) is 16.2. The number of hydrogen-bond donors (Lipinski definition) is 1. The van der Waals surface area contributed by atoms with Gasteiger partial charge in [0.05, 0.1) is 6.10 Å². The molecule has 1 atom stereocenters. The van der Waals surface area contributed by atoms with Crippen LogP contribution < -0.4 is 4.90 Å². The predicted molar refractivity (Wildman–Crippen MR) is 115 cm³/mol. The van der Waals surface area contributed by atoms with Crippen LogP contribution in [0.15, 0.2) is 24.3 Å². The Kier molecular flexibility index (Phi) is 7.56. The summed E-state index contributed by atoms with van der Waals surface area (Å²) in [5.41, 5.74) is 3.15. The van der Waals surface area contributed by atoms with Crippen LogP contribution in [0.3, 0.4) is 0 Å². The number of nitrogens with zero attached hydrogens (tertiary/aromatic N) is 4. The molecule has 1 fully saturated rings. The van der Waals surface area contributed by atoms with Gasteiger partial charge in [0.2, 0.25) is 0 Å². The van der Waals surface area contributed by atoms with E-state index in [-0.39, 0.29) is 11.9 Å². The SMILES string of the molecule is CCCC[C@H](O)CN1CCN(c2nc(C)nc(C)c2Cc2ccc(F)cc2)CC1. The number of halogens is 1. The Morgan fingerprint density at radius 3 is 2.41 bits per heavy atom. The Bertz CT molecular complexity index is 788. The van der Waals surface area contributed by atoms with Crippen molar-refractivity contribution in [3.05, 3.63) is 52.7 Å². The summed E-state index contributed by atoms with van der Waals surface area (Å²) in [5, 5.41) is 10.2. The lowest BCUT2D eigenvalue weighted by atomic mass is 10.0. The van der Waals surface area contributed by atoms with E-state index in [9.17, 15) is 9.50 Å². The maximum atomic E-state index is 13.3. The highest BCUT2D eigenvalue weighted by molar-refractivity contribution is 5.51. The first kappa shape index (κ1) is 21.7. The minimum absolute atomic E-state index is 0.219. The number of unbranched alkanes of at least 4 members (excludes halogenated alkanes) is 1. The largest absolute Gasteiger partial charge is 0.392 e. The molecular formula is C23H33FN4O. The first-order valence-corrected chi connectivity index (χ1v) is 10.7. The van der Waals surface area contributed by atoms with Gasteiger partial charge in [-0.2, -0.15) is 0 Å². The molecule has 1 aliphatic heterocycles. The molecule has 6 heteroatoms. The molecule has 158 valence electrons. The fourth-order valence-electron chi connectivity index (χ4n) is 3.96. The topological polar surface area (TPSA) is 52.5 Å². The average Bonchev–Trinajstić information content (AvgIpc) is 2.70. The number of β-amino-alcohol motifs (C(OH)–C–C–N with tert-alkyl or cyclic N) is 1.